The summed E-state index contributed by atoms with van der Waals surface area (Å²) in [7, 11) is 0. The summed E-state index contributed by atoms with van der Waals surface area (Å²) in [6, 6.07) is 25.3. The summed E-state index contributed by atoms with van der Waals surface area (Å²) in [6.07, 6.45) is 0. The first-order valence-electron chi connectivity index (χ1n) is 8.71. The van der Waals surface area contributed by atoms with Crippen LogP contribution in [-0.4, -0.2) is 26.6 Å². The van der Waals surface area contributed by atoms with Crippen LogP contribution in [0.2, 0.25) is 0 Å². The summed E-state index contributed by atoms with van der Waals surface area (Å²) < 4.78 is 1.63. The van der Waals surface area contributed by atoms with Crippen molar-refractivity contribution in [3.05, 3.63) is 96.1 Å². The monoisotopic (exact) mass is 355 g/mol. The first-order valence-corrected chi connectivity index (χ1v) is 8.71. The van der Waals surface area contributed by atoms with Gasteiger partial charge in [-0.15, -0.1) is 5.10 Å². The van der Waals surface area contributed by atoms with Crippen molar-refractivity contribution in [2.24, 2.45) is 5.92 Å². The molecule has 0 unspecified atom stereocenters. The zero-order valence-electron chi connectivity index (χ0n) is 14.5. The topological polar surface area (TPSA) is 64.8 Å². The summed E-state index contributed by atoms with van der Waals surface area (Å²) in [5, 5.41) is 8.28. The molecule has 3 aromatic carbocycles. The Balaban J connectivity index is 1.74. The SMILES string of the molecule is O=C(c1ccccc1)C(Cn1nnc2ccccc21)C(=O)c1ccccc1. The summed E-state index contributed by atoms with van der Waals surface area (Å²) >= 11 is 0. The number of hydrogen-bond donors (Lipinski definition) is 0. The Bertz CT molecular complexity index is 1040. The molecule has 0 aliphatic heterocycles. The van der Waals surface area contributed by atoms with Crippen LogP contribution in [0, 0.1) is 5.92 Å². The lowest BCUT2D eigenvalue weighted by Gasteiger charge is -2.15. The molecule has 0 spiro atoms. The second-order valence-corrected chi connectivity index (χ2v) is 6.27. The van der Waals surface area contributed by atoms with E-state index in [-0.39, 0.29) is 18.1 Å². The maximum absolute atomic E-state index is 13.1. The van der Waals surface area contributed by atoms with E-state index in [0.29, 0.717) is 11.1 Å². The van der Waals surface area contributed by atoms with Crippen LogP contribution in [0.5, 0.6) is 0 Å². The Morgan fingerprint density at radius 1 is 0.741 bits per heavy atom. The van der Waals surface area contributed by atoms with Crippen LogP contribution >= 0.6 is 0 Å². The van der Waals surface area contributed by atoms with Crippen LogP contribution in [0.25, 0.3) is 11.0 Å². The highest BCUT2D eigenvalue weighted by atomic mass is 16.2. The zero-order chi connectivity index (χ0) is 18.6. The predicted octanol–water partition coefficient (Wildman–Crippen LogP) is 3.81. The molecule has 132 valence electrons. The molecule has 0 amide bonds. The number of carbonyl (C=O) groups excluding carboxylic acids is 2. The normalized spacial score (nSPS) is 11.0. The molecule has 5 heteroatoms. The third-order valence-electron chi connectivity index (χ3n) is 4.53. The van der Waals surface area contributed by atoms with Crippen molar-refractivity contribution in [3.8, 4) is 0 Å². The fraction of sp³-hybridized carbons (Fsp3) is 0.0909. The number of hydrogen-bond acceptors (Lipinski definition) is 4. The van der Waals surface area contributed by atoms with Crippen LogP contribution < -0.4 is 0 Å². The van der Waals surface area contributed by atoms with Gasteiger partial charge in [0.05, 0.1) is 12.1 Å². The molecule has 0 fully saturated rings. The lowest BCUT2D eigenvalue weighted by molar-refractivity contribution is 0.0789. The van der Waals surface area contributed by atoms with Crippen molar-refractivity contribution in [1.29, 1.82) is 0 Å². The zero-order valence-corrected chi connectivity index (χ0v) is 14.5. The largest absolute Gasteiger partial charge is 0.293 e. The number of rotatable bonds is 6. The summed E-state index contributed by atoms with van der Waals surface area (Å²) in [4.78, 5) is 26.3. The van der Waals surface area contributed by atoms with Gasteiger partial charge in [-0.1, -0.05) is 78.0 Å². The summed E-state index contributed by atoms with van der Waals surface area (Å²) in [6.45, 7) is 0.141. The quantitative estimate of drug-likeness (QED) is 0.390. The molecular weight excluding hydrogens is 338 g/mol. The molecule has 4 aromatic rings. The van der Waals surface area contributed by atoms with Crippen LogP contribution in [0.4, 0.5) is 0 Å². The Labute approximate surface area is 156 Å². The molecule has 0 bridgehead atoms. The average Bonchev–Trinajstić information content (AvgIpc) is 3.15. The van der Waals surface area contributed by atoms with Gasteiger partial charge in [0.25, 0.3) is 0 Å². The number of aromatic nitrogens is 3. The van der Waals surface area contributed by atoms with E-state index >= 15 is 0 Å². The molecule has 0 saturated heterocycles. The van der Waals surface area contributed by atoms with Crippen molar-refractivity contribution in [2.75, 3.05) is 0 Å². The number of carbonyl (C=O) groups is 2. The van der Waals surface area contributed by atoms with Crippen LogP contribution in [0.1, 0.15) is 20.7 Å². The first-order chi connectivity index (χ1) is 13.2. The van der Waals surface area contributed by atoms with Gasteiger partial charge in [0.1, 0.15) is 11.4 Å². The van der Waals surface area contributed by atoms with Crippen LogP contribution in [0.15, 0.2) is 84.9 Å². The van der Waals surface area contributed by atoms with Crippen molar-refractivity contribution in [1.82, 2.24) is 15.0 Å². The third-order valence-corrected chi connectivity index (χ3v) is 4.53. The highest BCUT2D eigenvalue weighted by Gasteiger charge is 2.29. The van der Waals surface area contributed by atoms with Crippen molar-refractivity contribution < 1.29 is 9.59 Å². The second kappa shape index (κ2) is 7.33. The molecule has 5 nitrogen and oxygen atoms in total. The van der Waals surface area contributed by atoms with E-state index in [4.69, 9.17) is 0 Å². The van der Waals surface area contributed by atoms with Gasteiger partial charge in [-0.25, -0.2) is 4.68 Å². The van der Waals surface area contributed by atoms with E-state index in [1.165, 1.54) is 0 Å². The van der Waals surface area contributed by atoms with Crippen molar-refractivity contribution in [3.63, 3.8) is 0 Å². The minimum absolute atomic E-state index is 0.141. The van der Waals surface area contributed by atoms with E-state index in [0.717, 1.165) is 11.0 Å². The van der Waals surface area contributed by atoms with Crippen LogP contribution in [-0.2, 0) is 6.54 Å². The van der Waals surface area contributed by atoms with Crippen molar-refractivity contribution >= 4 is 22.6 Å². The molecule has 1 aromatic heterocycles. The minimum atomic E-state index is -0.875. The Kier molecular flexibility index (Phi) is 4.58. The fourth-order valence-corrected chi connectivity index (χ4v) is 3.12. The van der Waals surface area contributed by atoms with Crippen molar-refractivity contribution in [2.45, 2.75) is 6.54 Å². The van der Waals surface area contributed by atoms with Crippen LogP contribution in [0.3, 0.4) is 0 Å². The van der Waals surface area contributed by atoms with E-state index in [1.807, 2.05) is 36.4 Å². The minimum Gasteiger partial charge on any atom is -0.293 e. The molecule has 0 N–H and O–H groups in total. The van der Waals surface area contributed by atoms with Gasteiger partial charge >= 0.3 is 0 Å². The number of ketones is 2. The fourth-order valence-electron chi connectivity index (χ4n) is 3.12. The third kappa shape index (κ3) is 3.40. The molecular formula is C22H17N3O2. The first kappa shape index (κ1) is 16.8. The lowest BCUT2D eigenvalue weighted by atomic mass is 9.90. The maximum atomic E-state index is 13.1. The highest BCUT2D eigenvalue weighted by Crippen LogP contribution is 2.19. The standard InChI is InChI=1S/C22H17N3O2/c26-21(16-9-3-1-4-10-16)18(22(27)17-11-5-2-6-12-17)15-25-20-14-8-7-13-19(20)23-24-25/h1-14,18H,15H2. The highest BCUT2D eigenvalue weighted by molar-refractivity contribution is 6.16. The Morgan fingerprint density at radius 3 is 1.85 bits per heavy atom. The molecule has 0 aliphatic rings. The molecule has 0 saturated carbocycles. The number of Topliss-reactive ketones (excluding diaryl/α,β-unsaturated/α-hetero) is 2. The van der Waals surface area contributed by atoms with Gasteiger partial charge < -0.3 is 0 Å². The average molecular weight is 355 g/mol. The smallest absolute Gasteiger partial charge is 0.175 e. The van der Waals surface area contributed by atoms with E-state index in [1.54, 1.807) is 53.2 Å². The Hall–Kier alpha value is -3.60. The van der Waals surface area contributed by atoms with Gasteiger partial charge in [0.15, 0.2) is 11.6 Å². The molecule has 4 rings (SSSR count). The number of benzene rings is 3. The molecule has 0 radical (unpaired) electrons. The predicted molar refractivity (Wildman–Crippen MR) is 103 cm³/mol. The van der Waals surface area contributed by atoms with Gasteiger partial charge in [0.2, 0.25) is 0 Å². The van der Waals surface area contributed by atoms with E-state index < -0.39 is 5.92 Å². The van der Waals surface area contributed by atoms with Gasteiger partial charge in [-0.3, -0.25) is 9.59 Å². The van der Waals surface area contributed by atoms with Gasteiger partial charge in [-0.05, 0) is 12.1 Å². The van der Waals surface area contributed by atoms with E-state index in [2.05, 4.69) is 10.3 Å². The van der Waals surface area contributed by atoms with E-state index in [9.17, 15) is 9.59 Å². The maximum Gasteiger partial charge on any atom is 0.175 e. The Morgan fingerprint density at radius 2 is 1.26 bits per heavy atom. The number of nitrogens with zero attached hydrogens (tertiary/aromatic N) is 3. The summed E-state index contributed by atoms with van der Waals surface area (Å²) in [5.74, 6) is -1.31. The lowest BCUT2D eigenvalue weighted by Crippen LogP contribution is -2.29. The van der Waals surface area contributed by atoms with Gasteiger partial charge in [0, 0.05) is 11.1 Å². The molecule has 1 heterocycles. The second-order valence-electron chi connectivity index (χ2n) is 6.27. The number of fused-ring (bicyclic) bond motifs is 1. The molecule has 0 aliphatic carbocycles. The summed E-state index contributed by atoms with van der Waals surface area (Å²) in [5.41, 5.74) is 2.55. The van der Waals surface area contributed by atoms with Gasteiger partial charge in [-0.2, -0.15) is 0 Å². The molecule has 27 heavy (non-hydrogen) atoms. The molecule has 0 atom stereocenters. The number of para-hydroxylation sites is 1.